The number of rotatable bonds is 3. The molecule has 2 heterocycles. The van der Waals surface area contributed by atoms with E-state index in [-0.39, 0.29) is 0 Å². The Kier molecular flexibility index (Phi) is 6.09. The van der Waals surface area contributed by atoms with Crippen molar-refractivity contribution in [2.75, 3.05) is 0 Å². The van der Waals surface area contributed by atoms with Crippen LogP contribution < -0.4 is 0 Å². The average molecular weight is 683 g/mol. The summed E-state index contributed by atoms with van der Waals surface area (Å²) in [5.74, 6) is 0. The Morgan fingerprint density at radius 1 is 0.278 bits per heavy atom. The summed E-state index contributed by atoms with van der Waals surface area (Å²) in [4.78, 5) is 9.45. The van der Waals surface area contributed by atoms with Crippen molar-refractivity contribution >= 4 is 86.2 Å². The van der Waals surface area contributed by atoms with Gasteiger partial charge in [0.25, 0.3) is 0 Å². The van der Waals surface area contributed by atoms with Gasteiger partial charge in [0.2, 0.25) is 0 Å². The van der Waals surface area contributed by atoms with E-state index in [0.29, 0.717) is 0 Å². The third kappa shape index (κ3) is 4.11. The number of hydrogen-bond donors (Lipinski definition) is 0. The molecule has 248 valence electrons. The van der Waals surface area contributed by atoms with Crippen LogP contribution in [0.15, 0.2) is 182 Å². The molecule has 2 heteroatoms. The highest BCUT2D eigenvalue weighted by atomic mass is 14.8. The van der Waals surface area contributed by atoms with E-state index >= 15 is 0 Å². The molecule has 12 rings (SSSR count). The molecule has 0 saturated carbocycles. The van der Waals surface area contributed by atoms with E-state index in [1.54, 1.807) is 0 Å². The summed E-state index contributed by atoms with van der Waals surface area (Å²) in [7, 11) is 0. The lowest BCUT2D eigenvalue weighted by Gasteiger charge is -2.20. The highest BCUT2D eigenvalue weighted by Gasteiger charge is 2.20. The van der Waals surface area contributed by atoms with Crippen molar-refractivity contribution in [2.24, 2.45) is 0 Å². The van der Waals surface area contributed by atoms with Gasteiger partial charge >= 0.3 is 0 Å². The molecule has 0 bridgehead atoms. The molecule has 54 heavy (non-hydrogen) atoms. The first-order valence-electron chi connectivity index (χ1n) is 18.6. The minimum absolute atomic E-state index is 0.866. The molecular weight excluding hydrogens is 653 g/mol. The normalized spacial score (nSPS) is 12.1. The fourth-order valence-corrected chi connectivity index (χ4v) is 9.39. The van der Waals surface area contributed by atoms with Crippen LogP contribution >= 0.6 is 0 Å². The summed E-state index contributed by atoms with van der Waals surface area (Å²) in [5, 5.41) is 20.4. The van der Waals surface area contributed by atoms with Crippen LogP contribution in [0, 0.1) is 0 Å². The second-order valence-electron chi connectivity index (χ2n) is 14.5. The zero-order valence-electron chi connectivity index (χ0n) is 29.2. The van der Waals surface area contributed by atoms with E-state index in [1.807, 2.05) is 30.6 Å². The van der Waals surface area contributed by atoms with E-state index in [2.05, 4.69) is 157 Å². The third-order valence-electron chi connectivity index (χ3n) is 11.6. The van der Waals surface area contributed by atoms with Crippen molar-refractivity contribution in [2.45, 2.75) is 0 Å². The second kappa shape index (κ2) is 11.2. The maximum Gasteiger partial charge on any atom is 0.0886 e. The molecule has 0 fully saturated rings. The van der Waals surface area contributed by atoms with Crippen LogP contribution in [0.4, 0.5) is 0 Å². The van der Waals surface area contributed by atoms with Crippen LogP contribution in [-0.4, -0.2) is 9.97 Å². The predicted molar refractivity (Wildman–Crippen MR) is 230 cm³/mol. The Bertz CT molecular complexity index is 3410. The van der Waals surface area contributed by atoms with Gasteiger partial charge in [0.1, 0.15) is 0 Å². The van der Waals surface area contributed by atoms with Crippen LogP contribution in [0.2, 0.25) is 0 Å². The fourth-order valence-electron chi connectivity index (χ4n) is 9.39. The summed E-state index contributed by atoms with van der Waals surface area (Å²) in [5.41, 5.74) is 6.50. The molecule has 10 aromatic carbocycles. The zero-order valence-corrected chi connectivity index (χ0v) is 29.2. The molecule has 0 aliphatic heterocycles. The molecule has 0 atom stereocenters. The van der Waals surface area contributed by atoms with Crippen LogP contribution in [0.3, 0.4) is 0 Å². The van der Waals surface area contributed by atoms with Crippen LogP contribution in [0.25, 0.3) is 120 Å². The van der Waals surface area contributed by atoms with Gasteiger partial charge in [0.05, 0.1) is 11.4 Å². The monoisotopic (exact) mass is 682 g/mol. The molecule has 0 aliphatic carbocycles. The molecular formula is C52H30N2. The van der Waals surface area contributed by atoms with Crippen molar-refractivity contribution in [1.82, 2.24) is 9.97 Å². The number of fused-ring (bicyclic) bond motifs is 4. The number of benzene rings is 9. The van der Waals surface area contributed by atoms with Crippen LogP contribution in [0.5, 0.6) is 0 Å². The largest absolute Gasteiger partial charge is 0.255 e. The molecule has 0 N–H and O–H groups in total. The standard InChI is InChI=1S/C52H30N2/c1-3-15-39-37(13-1)47(35-25-26-46(54-30-35)45-20-5-6-27-53-45)38-14-2-4-16-40(38)48(39)36-28-34-24-23-33-11-8-18-42-41-17-7-10-31-21-22-32-12-9-19-43(51(32)49(31)41)44(29-36)52(34)50(33)42/h1-30H. The second-order valence-corrected chi connectivity index (χ2v) is 14.5. The molecule has 0 spiro atoms. The molecule has 12 aromatic rings. The van der Waals surface area contributed by atoms with Crippen molar-refractivity contribution in [1.29, 1.82) is 0 Å². The van der Waals surface area contributed by atoms with E-state index in [4.69, 9.17) is 4.98 Å². The molecule has 0 saturated heterocycles. The Hall–Kier alpha value is -7.16. The predicted octanol–water partition coefficient (Wildman–Crippen LogP) is 14.1. The maximum absolute atomic E-state index is 4.91. The first-order chi connectivity index (χ1) is 26.8. The smallest absolute Gasteiger partial charge is 0.0886 e. The van der Waals surface area contributed by atoms with Gasteiger partial charge in [-0.15, -0.1) is 0 Å². The third-order valence-corrected chi connectivity index (χ3v) is 11.6. The fraction of sp³-hybridized carbons (Fsp3) is 0. The summed E-state index contributed by atoms with van der Waals surface area (Å²) >= 11 is 0. The lowest BCUT2D eigenvalue weighted by atomic mass is 9.83. The van der Waals surface area contributed by atoms with Gasteiger partial charge in [-0.1, -0.05) is 140 Å². The first-order valence-corrected chi connectivity index (χ1v) is 18.6. The van der Waals surface area contributed by atoms with E-state index in [0.717, 1.165) is 17.0 Å². The van der Waals surface area contributed by atoms with Gasteiger partial charge in [0.15, 0.2) is 0 Å². The lowest BCUT2D eigenvalue weighted by molar-refractivity contribution is 1.25. The van der Waals surface area contributed by atoms with Crippen molar-refractivity contribution in [3.05, 3.63) is 182 Å². The molecule has 0 aliphatic rings. The average Bonchev–Trinajstić information content (AvgIpc) is 3.24. The van der Waals surface area contributed by atoms with Crippen molar-refractivity contribution in [3.8, 4) is 33.6 Å². The summed E-state index contributed by atoms with van der Waals surface area (Å²) in [6.45, 7) is 0. The molecule has 2 aromatic heterocycles. The number of nitrogens with zero attached hydrogens (tertiary/aromatic N) is 2. The van der Waals surface area contributed by atoms with Crippen LogP contribution in [0.1, 0.15) is 0 Å². The highest BCUT2D eigenvalue weighted by molar-refractivity contribution is 6.37. The molecule has 2 nitrogen and oxygen atoms in total. The Morgan fingerprint density at radius 3 is 1.26 bits per heavy atom. The summed E-state index contributed by atoms with van der Waals surface area (Å²) in [6, 6.07) is 62.5. The quantitative estimate of drug-likeness (QED) is 0.137. The van der Waals surface area contributed by atoms with E-state index in [9.17, 15) is 0 Å². The van der Waals surface area contributed by atoms with E-state index < -0.39 is 0 Å². The number of pyridine rings is 2. The molecule has 0 radical (unpaired) electrons. The first kappa shape index (κ1) is 29.4. The summed E-state index contributed by atoms with van der Waals surface area (Å²) in [6.07, 6.45) is 3.82. The van der Waals surface area contributed by atoms with Crippen molar-refractivity contribution < 1.29 is 0 Å². The minimum atomic E-state index is 0.866. The SMILES string of the molecule is c1ccc(-c2ccc(-c3c4ccccc4c(-c4cc5ccc6cccc7c8cccc9ccc%10cccc(c(c4)c5c67)c%10c98)c4ccccc34)cn2)nc1. The summed E-state index contributed by atoms with van der Waals surface area (Å²) < 4.78 is 0. The minimum Gasteiger partial charge on any atom is -0.255 e. The van der Waals surface area contributed by atoms with Gasteiger partial charge < -0.3 is 0 Å². The molecule has 0 amide bonds. The topological polar surface area (TPSA) is 25.8 Å². The zero-order chi connectivity index (χ0) is 35.3. The molecule has 0 unspecified atom stereocenters. The lowest BCUT2D eigenvalue weighted by Crippen LogP contribution is -1.93. The Labute approximate surface area is 310 Å². The number of aromatic nitrogens is 2. The Balaban J connectivity index is 1.22. The number of hydrogen-bond acceptors (Lipinski definition) is 2. The van der Waals surface area contributed by atoms with Gasteiger partial charge in [-0.05, 0) is 133 Å². The Morgan fingerprint density at radius 2 is 0.741 bits per heavy atom. The van der Waals surface area contributed by atoms with Crippen LogP contribution in [-0.2, 0) is 0 Å². The van der Waals surface area contributed by atoms with E-state index in [1.165, 1.54) is 103 Å². The van der Waals surface area contributed by atoms with Gasteiger partial charge in [0, 0.05) is 18.0 Å². The van der Waals surface area contributed by atoms with Gasteiger partial charge in [-0.3, -0.25) is 9.97 Å². The van der Waals surface area contributed by atoms with Crippen molar-refractivity contribution in [3.63, 3.8) is 0 Å². The van der Waals surface area contributed by atoms with Gasteiger partial charge in [-0.25, -0.2) is 0 Å². The maximum atomic E-state index is 4.91. The highest BCUT2D eigenvalue weighted by Crippen LogP contribution is 2.48. The van der Waals surface area contributed by atoms with Gasteiger partial charge in [-0.2, -0.15) is 0 Å².